The van der Waals surface area contributed by atoms with Crippen LogP contribution in [0.1, 0.15) is 11.3 Å². The molecule has 0 amide bonds. The predicted octanol–water partition coefficient (Wildman–Crippen LogP) is 2.82. The summed E-state index contributed by atoms with van der Waals surface area (Å²) in [6.07, 6.45) is 7.93. The minimum atomic E-state index is 0.0567. The third-order valence-corrected chi connectivity index (χ3v) is 3.38. The Balaban J connectivity index is 2.18. The van der Waals surface area contributed by atoms with Crippen LogP contribution < -0.4 is 0 Å². The van der Waals surface area contributed by atoms with Gasteiger partial charge in [-0.05, 0) is 31.2 Å². The first-order chi connectivity index (χ1) is 10.3. The number of rotatable bonds is 4. The topological polar surface area (TPSA) is 50.9 Å². The fourth-order valence-electron chi connectivity index (χ4n) is 2.46. The molecule has 4 nitrogen and oxygen atoms in total. The number of aliphatic hydroxyl groups is 1. The lowest BCUT2D eigenvalue weighted by Gasteiger charge is -2.07. The largest absolute Gasteiger partial charge is 0.392 e. The molecule has 0 saturated carbocycles. The van der Waals surface area contributed by atoms with E-state index >= 15 is 0 Å². The lowest BCUT2D eigenvalue weighted by Crippen LogP contribution is -2.03. The van der Waals surface area contributed by atoms with Crippen molar-refractivity contribution in [3.05, 3.63) is 66.1 Å². The van der Waals surface area contributed by atoms with Crippen LogP contribution in [0.3, 0.4) is 0 Å². The summed E-state index contributed by atoms with van der Waals surface area (Å²) in [7, 11) is 0. The smallest absolute Gasteiger partial charge is 0.234 e. The molecule has 2 heterocycles. The number of aliphatic hydroxyl groups excluding tert-OH is 1. The minimum absolute atomic E-state index is 0.0567. The Labute approximate surface area is 123 Å². The Morgan fingerprint density at radius 1 is 1.14 bits per heavy atom. The summed E-state index contributed by atoms with van der Waals surface area (Å²) in [5, 5.41) is 10.1. The molecule has 0 radical (unpaired) electrons. The highest BCUT2D eigenvalue weighted by Crippen LogP contribution is 2.24. The zero-order valence-electron chi connectivity index (χ0n) is 11.9. The second-order valence-corrected chi connectivity index (χ2v) is 4.94. The molecular formula is C17H17N3O. The van der Waals surface area contributed by atoms with Crippen molar-refractivity contribution in [1.82, 2.24) is 14.5 Å². The summed E-state index contributed by atoms with van der Waals surface area (Å²) in [5.41, 5.74) is 3.43. The maximum Gasteiger partial charge on any atom is 0.234 e. The molecule has 0 bridgehead atoms. The first kappa shape index (κ1) is 13.5. The molecule has 0 aliphatic heterocycles. The van der Waals surface area contributed by atoms with Crippen LogP contribution in [0.5, 0.6) is 0 Å². The van der Waals surface area contributed by atoms with Gasteiger partial charge in [-0.1, -0.05) is 23.8 Å². The van der Waals surface area contributed by atoms with Crippen LogP contribution in [0.2, 0.25) is 0 Å². The molecule has 1 aromatic carbocycles. The van der Waals surface area contributed by atoms with Crippen molar-refractivity contribution in [1.29, 1.82) is 0 Å². The molecule has 2 aromatic heterocycles. The summed E-state index contributed by atoms with van der Waals surface area (Å²) >= 11 is 0. The lowest BCUT2D eigenvalue weighted by atomic mass is 10.2. The van der Waals surface area contributed by atoms with Crippen molar-refractivity contribution >= 4 is 10.9 Å². The standard InChI is InChI=1S/C17H17N3O/c1-13-6-7-16-14(11-13)12-15(5-2-3-10-21)20(16)17-18-8-4-9-19-17/h2-4,6-9,11-12,21H,5,10H2,1H3/b3-2+. The van der Waals surface area contributed by atoms with Crippen molar-refractivity contribution in [2.24, 2.45) is 0 Å². The number of allylic oxidation sites excluding steroid dienone is 1. The highest BCUT2D eigenvalue weighted by Gasteiger charge is 2.11. The van der Waals surface area contributed by atoms with Gasteiger partial charge >= 0.3 is 0 Å². The lowest BCUT2D eigenvalue weighted by molar-refractivity contribution is 0.342. The maximum absolute atomic E-state index is 8.89. The fourth-order valence-corrected chi connectivity index (χ4v) is 2.46. The number of nitrogens with zero attached hydrogens (tertiary/aromatic N) is 3. The first-order valence-electron chi connectivity index (χ1n) is 6.94. The van der Waals surface area contributed by atoms with Crippen LogP contribution in [0.25, 0.3) is 16.9 Å². The Morgan fingerprint density at radius 3 is 2.71 bits per heavy atom. The van der Waals surface area contributed by atoms with Crippen molar-refractivity contribution in [3.8, 4) is 5.95 Å². The SMILES string of the molecule is Cc1ccc2c(c1)cc(C/C=C/CO)n2-c1ncccn1. The predicted molar refractivity (Wildman–Crippen MR) is 83.5 cm³/mol. The average molecular weight is 279 g/mol. The molecule has 3 rings (SSSR count). The molecule has 0 saturated heterocycles. The van der Waals surface area contributed by atoms with E-state index in [4.69, 9.17) is 5.11 Å². The van der Waals surface area contributed by atoms with Crippen LogP contribution in [-0.2, 0) is 6.42 Å². The van der Waals surface area contributed by atoms with E-state index in [0.717, 1.165) is 17.6 Å². The second-order valence-electron chi connectivity index (χ2n) is 4.94. The van der Waals surface area contributed by atoms with E-state index in [2.05, 4.69) is 45.7 Å². The monoisotopic (exact) mass is 279 g/mol. The van der Waals surface area contributed by atoms with Crippen LogP contribution in [0.15, 0.2) is 54.9 Å². The van der Waals surface area contributed by atoms with Gasteiger partial charge in [-0.3, -0.25) is 4.57 Å². The quantitative estimate of drug-likeness (QED) is 0.747. The van der Waals surface area contributed by atoms with Gasteiger partial charge in [-0.15, -0.1) is 0 Å². The summed E-state index contributed by atoms with van der Waals surface area (Å²) in [4.78, 5) is 8.72. The Bertz CT molecular complexity index is 775. The fraction of sp³-hybridized carbons (Fsp3) is 0.176. The number of benzene rings is 1. The van der Waals surface area contributed by atoms with Gasteiger partial charge in [0.1, 0.15) is 0 Å². The summed E-state index contributed by atoms with van der Waals surface area (Å²) in [6, 6.07) is 10.3. The maximum atomic E-state index is 8.89. The van der Waals surface area contributed by atoms with Crippen LogP contribution >= 0.6 is 0 Å². The normalized spacial score (nSPS) is 11.5. The third kappa shape index (κ3) is 2.71. The zero-order chi connectivity index (χ0) is 14.7. The molecule has 106 valence electrons. The van der Waals surface area contributed by atoms with Crippen molar-refractivity contribution in [2.45, 2.75) is 13.3 Å². The van der Waals surface area contributed by atoms with Gasteiger partial charge in [0.2, 0.25) is 5.95 Å². The van der Waals surface area contributed by atoms with Crippen LogP contribution in [-0.4, -0.2) is 26.2 Å². The van der Waals surface area contributed by atoms with Gasteiger partial charge in [0.25, 0.3) is 0 Å². The van der Waals surface area contributed by atoms with E-state index in [9.17, 15) is 0 Å². The Morgan fingerprint density at radius 2 is 1.95 bits per heavy atom. The van der Waals surface area contributed by atoms with Gasteiger partial charge in [-0.2, -0.15) is 0 Å². The number of hydrogen-bond acceptors (Lipinski definition) is 3. The first-order valence-corrected chi connectivity index (χ1v) is 6.94. The third-order valence-electron chi connectivity index (χ3n) is 3.38. The highest BCUT2D eigenvalue weighted by molar-refractivity contribution is 5.83. The molecule has 0 atom stereocenters. The van der Waals surface area contributed by atoms with Gasteiger partial charge in [0.05, 0.1) is 12.1 Å². The Hall–Kier alpha value is -2.46. The summed E-state index contributed by atoms with van der Waals surface area (Å²) in [5.74, 6) is 0.670. The number of aryl methyl sites for hydroxylation is 1. The van der Waals surface area contributed by atoms with E-state index in [-0.39, 0.29) is 6.61 Å². The molecule has 0 unspecified atom stereocenters. The van der Waals surface area contributed by atoms with Gasteiger partial charge < -0.3 is 5.11 Å². The number of fused-ring (bicyclic) bond motifs is 1. The van der Waals surface area contributed by atoms with E-state index in [1.165, 1.54) is 10.9 Å². The molecule has 4 heteroatoms. The van der Waals surface area contributed by atoms with Gasteiger partial charge in [0, 0.05) is 29.9 Å². The molecule has 1 N–H and O–H groups in total. The Kier molecular flexibility index (Phi) is 3.79. The highest BCUT2D eigenvalue weighted by atomic mass is 16.2. The van der Waals surface area contributed by atoms with Crippen molar-refractivity contribution in [2.75, 3.05) is 6.61 Å². The molecule has 0 aliphatic carbocycles. The van der Waals surface area contributed by atoms with Crippen LogP contribution in [0, 0.1) is 6.92 Å². The minimum Gasteiger partial charge on any atom is -0.392 e. The van der Waals surface area contributed by atoms with Gasteiger partial charge in [0.15, 0.2) is 0 Å². The summed E-state index contributed by atoms with van der Waals surface area (Å²) in [6.45, 7) is 2.14. The number of hydrogen-bond donors (Lipinski definition) is 1. The molecule has 0 spiro atoms. The van der Waals surface area contributed by atoms with Crippen molar-refractivity contribution in [3.63, 3.8) is 0 Å². The van der Waals surface area contributed by atoms with Crippen molar-refractivity contribution < 1.29 is 5.11 Å². The molecule has 0 fully saturated rings. The van der Waals surface area contributed by atoms with E-state index < -0.39 is 0 Å². The average Bonchev–Trinajstić information content (AvgIpc) is 2.85. The molecule has 21 heavy (non-hydrogen) atoms. The van der Waals surface area contributed by atoms with E-state index in [1.54, 1.807) is 18.5 Å². The second kappa shape index (κ2) is 5.89. The molecular weight excluding hydrogens is 262 g/mol. The molecule has 3 aromatic rings. The number of aromatic nitrogens is 3. The summed E-state index contributed by atoms with van der Waals surface area (Å²) < 4.78 is 2.07. The molecule has 0 aliphatic rings. The van der Waals surface area contributed by atoms with E-state index in [1.807, 2.05) is 12.1 Å². The van der Waals surface area contributed by atoms with E-state index in [0.29, 0.717) is 5.95 Å². The van der Waals surface area contributed by atoms with Crippen LogP contribution in [0.4, 0.5) is 0 Å². The zero-order valence-corrected chi connectivity index (χ0v) is 11.9. The van der Waals surface area contributed by atoms with Gasteiger partial charge in [-0.25, -0.2) is 9.97 Å².